The summed E-state index contributed by atoms with van der Waals surface area (Å²) in [5, 5.41) is 17.9. The molecule has 1 saturated carbocycles. The largest absolute Gasteiger partial charge is 0.338 e. The minimum atomic E-state index is -0.185. The molecule has 26 heavy (non-hydrogen) atoms. The Hall–Kier alpha value is -2.88. The van der Waals surface area contributed by atoms with Crippen molar-refractivity contribution >= 4 is 5.65 Å². The standard InChI is InChI=1S/C19H22N6O/c1-12(2)16-17(23-18-13(8-20)9-22-25(18)19(16)26)14-10-21-24(11-14)15-6-4-3-5-7-15/h9-12,15,23H,3-7H2,1-2H3. The van der Waals surface area contributed by atoms with E-state index < -0.39 is 0 Å². The van der Waals surface area contributed by atoms with Crippen molar-refractivity contribution in [3.8, 4) is 17.3 Å². The summed E-state index contributed by atoms with van der Waals surface area (Å²) in [4.78, 5) is 16.2. The lowest BCUT2D eigenvalue weighted by molar-refractivity contribution is 0.329. The van der Waals surface area contributed by atoms with Crippen LogP contribution in [0.15, 0.2) is 23.4 Å². The highest BCUT2D eigenvalue weighted by molar-refractivity contribution is 5.67. The molecule has 7 heteroatoms. The zero-order valence-electron chi connectivity index (χ0n) is 15.1. The number of rotatable bonds is 3. The van der Waals surface area contributed by atoms with Crippen molar-refractivity contribution in [3.05, 3.63) is 40.1 Å². The maximum absolute atomic E-state index is 12.9. The van der Waals surface area contributed by atoms with E-state index in [9.17, 15) is 10.1 Å². The summed E-state index contributed by atoms with van der Waals surface area (Å²) in [6.45, 7) is 3.97. The molecule has 1 fully saturated rings. The van der Waals surface area contributed by atoms with E-state index in [1.165, 1.54) is 30.0 Å². The molecule has 0 aromatic carbocycles. The summed E-state index contributed by atoms with van der Waals surface area (Å²) in [6, 6.07) is 2.52. The Balaban J connectivity index is 1.87. The van der Waals surface area contributed by atoms with Crippen LogP contribution in [0.3, 0.4) is 0 Å². The number of aromatic amines is 1. The molecule has 3 aromatic heterocycles. The van der Waals surface area contributed by atoms with Crippen molar-refractivity contribution in [1.82, 2.24) is 24.4 Å². The Bertz CT molecular complexity index is 1040. The molecule has 0 aliphatic heterocycles. The smallest absolute Gasteiger partial charge is 0.278 e. The highest BCUT2D eigenvalue weighted by Gasteiger charge is 2.22. The third-order valence-corrected chi connectivity index (χ3v) is 5.24. The van der Waals surface area contributed by atoms with Crippen molar-refractivity contribution in [2.75, 3.05) is 0 Å². The molecule has 0 unspecified atom stereocenters. The van der Waals surface area contributed by atoms with Crippen molar-refractivity contribution in [2.24, 2.45) is 0 Å². The molecule has 1 N–H and O–H groups in total. The summed E-state index contributed by atoms with van der Waals surface area (Å²) in [5.74, 6) is 0.0194. The molecule has 1 aliphatic carbocycles. The Labute approximate surface area is 151 Å². The number of fused-ring (bicyclic) bond motifs is 1. The highest BCUT2D eigenvalue weighted by atomic mass is 16.1. The summed E-state index contributed by atoms with van der Waals surface area (Å²) >= 11 is 0. The van der Waals surface area contributed by atoms with Crippen LogP contribution in [-0.4, -0.2) is 24.4 Å². The van der Waals surface area contributed by atoms with Crippen LogP contribution in [0.2, 0.25) is 0 Å². The SMILES string of the molecule is CC(C)c1c(-c2cnn(C3CCCCC3)c2)[nH]c2c(C#N)cnn2c1=O. The third kappa shape index (κ3) is 2.62. The fourth-order valence-electron chi connectivity index (χ4n) is 3.89. The van der Waals surface area contributed by atoms with E-state index in [0.29, 0.717) is 22.8 Å². The molecule has 4 rings (SSSR count). The minimum absolute atomic E-state index is 0.0194. The van der Waals surface area contributed by atoms with E-state index >= 15 is 0 Å². The summed E-state index contributed by atoms with van der Waals surface area (Å²) in [6.07, 6.45) is 11.3. The van der Waals surface area contributed by atoms with Gasteiger partial charge in [0.1, 0.15) is 11.6 Å². The van der Waals surface area contributed by atoms with Gasteiger partial charge in [-0.3, -0.25) is 9.48 Å². The number of H-pyrrole nitrogens is 1. The average molecular weight is 350 g/mol. The maximum atomic E-state index is 12.9. The zero-order chi connectivity index (χ0) is 18.3. The van der Waals surface area contributed by atoms with Crippen LogP contribution in [-0.2, 0) is 0 Å². The number of nitriles is 1. The van der Waals surface area contributed by atoms with Gasteiger partial charge in [0.05, 0.1) is 24.1 Å². The van der Waals surface area contributed by atoms with Gasteiger partial charge < -0.3 is 4.98 Å². The van der Waals surface area contributed by atoms with Gasteiger partial charge in [-0.15, -0.1) is 0 Å². The number of nitrogens with one attached hydrogen (secondary N) is 1. The van der Waals surface area contributed by atoms with Gasteiger partial charge in [-0.05, 0) is 18.8 Å². The first kappa shape index (κ1) is 16.6. The molecular formula is C19H22N6O. The van der Waals surface area contributed by atoms with Crippen LogP contribution in [0.1, 0.15) is 69.0 Å². The second kappa shape index (κ2) is 6.45. The fraction of sp³-hybridized carbons (Fsp3) is 0.474. The number of hydrogen-bond donors (Lipinski definition) is 1. The van der Waals surface area contributed by atoms with Crippen molar-refractivity contribution in [2.45, 2.75) is 57.9 Å². The van der Waals surface area contributed by atoms with Gasteiger partial charge in [0.2, 0.25) is 0 Å². The van der Waals surface area contributed by atoms with E-state index in [1.807, 2.05) is 30.9 Å². The number of nitrogens with zero attached hydrogens (tertiary/aromatic N) is 5. The average Bonchev–Trinajstić information content (AvgIpc) is 3.29. The van der Waals surface area contributed by atoms with Gasteiger partial charge in [-0.25, -0.2) is 0 Å². The number of aromatic nitrogens is 5. The van der Waals surface area contributed by atoms with Crippen LogP contribution in [0.25, 0.3) is 16.9 Å². The summed E-state index contributed by atoms with van der Waals surface area (Å²) < 4.78 is 3.31. The Morgan fingerprint density at radius 1 is 1.23 bits per heavy atom. The highest BCUT2D eigenvalue weighted by Crippen LogP contribution is 2.30. The van der Waals surface area contributed by atoms with Gasteiger partial charge in [0, 0.05) is 17.3 Å². The quantitative estimate of drug-likeness (QED) is 0.784. The molecule has 0 radical (unpaired) electrons. The van der Waals surface area contributed by atoms with Crippen LogP contribution >= 0.6 is 0 Å². The lowest BCUT2D eigenvalue weighted by Crippen LogP contribution is -2.22. The first-order valence-corrected chi connectivity index (χ1v) is 9.18. The van der Waals surface area contributed by atoms with Gasteiger partial charge in [0.25, 0.3) is 5.56 Å². The second-order valence-electron chi connectivity index (χ2n) is 7.30. The minimum Gasteiger partial charge on any atom is -0.338 e. The predicted molar refractivity (Wildman–Crippen MR) is 98.0 cm³/mol. The van der Waals surface area contributed by atoms with Gasteiger partial charge in [0.15, 0.2) is 5.65 Å². The number of hydrogen-bond acceptors (Lipinski definition) is 4. The van der Waals surface area contributed by atoms with Crippen molar-refractivity contribution < 1.29 is 0 Å². The van der Waals surface area contributed by atoms with Crippen LogP contribution in [0, 0.1) is 11.3 Å². The predicted octanol–water partition coefficient (Wildman–Crippen LogP) is 3.39. The first-order chi connectivity index (χ1) is 12.6. The Morgan fingerprint density at radius 2 is 2.00 bits per heavy atom. The monoisotopic (exact) mass is 350 g/mol. The zero-order valence-corrected chi connectivity index (χ0v) is 15.1. The summed E-state index contributed by atoms with van der Waals surface area (Å²) in [5.41, 5.74) is 2.88. The van der Waals surface area contributed by atoms with E-state index in [0.717, 1.165) is 24.1 Å². The van der Waals surface area contributed by atoms with E-state index in [-0.39, 0.29) is 11.5 Å². The fourth-order valence-corrected chi connectivity index (χ4v) is 3.89. The lowest BCUT2D eigenvalue weighted by atomic mass is 9.95. The van der Waals surface area contributed by atoms with Gasteiger partial charge in [-0.2, -0.15) is 20.0 Å². The lowest BCUT2D eigenvalue weighted by Gasteiger charge is -2.21. The molecule has 134 valence electrons. The van der Waals surface area contributed by atoms with Crippen molar-refractivity contribution in [1.29, 1.82) is 5.26 Å². The first-order valence-electron chi connectivity index (χ1n) is 9.18. The maximum Gasteiger partial charge on any atom is 0.278 e. The van der Waals surface area contributed by atoms with E-state index in [1.54, 1.807) is 0 Å². The van der Waals surface area contributed by atoms with Crippen LogP contribution in [0.5, 0.6) is 0 Å². The molecule has 7 nitrogen and oxygen atoms in total. The molecular weight excluding hydrogens is 328 g/mol. The van der Waals surface area contributed by atoms with E-state index in [4.69, 9.17) is 0 Å². The second-order valence-corrected chi connectivity index (χ2v) is 7.30. The molecule has 1 aliphatic rings. The molecule has 0 saturated heterocycles. The van der Waals surface area contributed by atoms with Crippen LogP contribution in [0.4, 0.5) is 0 Å². The van der Waals surface area contributed by atoms with E-state index in [2.05, 4.69) is 21.3 Å². The molecule has 3 heterocycles. The van der Waals surface area contributed by atoms with Crippen LogP contribution < -0.4 is 5.56 Å². The summed E-state index contributed by atoms with van der Waals surface area (Å²) in [7, 11) is 0. The van der Waals surface area contributed by atoms with Crippen molar-refractivity contribution in [3.63, 3.8) is 0 Å². The third-order valence-electron chi connectivity index (χ3n) is 5.24. The normalized spacial score (nSPS) is 15.6. The topological polar surface area (TPSA) is 91.8 Å². The molecule has 0 atom stereocenters. The molecule has 0 spiro atoms. The van der Waals surface area contributed by atoms with Gasteiger partial charge in [-0.1, -0.05) is 33.1 Å². The Kier molecular flexibility index (Phi) is 4.11. The van der Waals surface area contributed by atoms with Gasteiger partial charge >= 0.3 is 0 Å². The molecule has 0 amide bonds. The molecule has 3 aromatic rings. The molecule has 0 bridgehead atoms. The Morgan fingerprint density at radius 3 is 2.69 bits per heavy atom.